The van der Waals surface area contributed by atoms with Crippen molar-refractivity contribution in [1.82, 2.24) is 9.97 Å². The molecule has 1 aromatic heterocycles. The Morgan fingerprint density at radius 2 is 1.95 bits per heavy atom. The largest absolute Gasteiger partial charge is 0.383 e. The van der Waals surface area contributed by atoms with Gasteiger partial charge in [0.2, 0.25) is 0 Å². The second kappa shape index (κ2) is 5.76. The zero-order valence-electron chi connectivity index (χ0n) is 10.9. The molecule has 1 heterocycles. The van der Waals surface area contributed by atoms with Gasteiger partial charge in [-0.25, -0.2) is 9.97 Å². The third-order valence-corrected chi connectivity index (χ3v) is 3.62. The van der Waals surface area contributed by atoms with Gasteiger partial charge >= 0.3 is 0 Å². The topological polar surface area (TPSA) is 51.8 Å². The van der Waals surface area contributed by atoms with Crippen LogP contribution in [-0.4, -0.2) is 9.97 Å². The molecule has 5 heteroatoms. The van der Waals surface area contributed by atoms with Gasteiger partial charge in [0, 0.05) is 27.7 Å². The fourth-order valence-electron chi connectivity index (χ4n) is 1.89. The number of hydrogen-bond donors (Lipinski definition) is 1. The van der Waals surface area contributed by atoms with Gasteiger partial charge in [-0.2, -0.15) is 0 Å². The van der Waals surface area contributed by atoms with Crippen molar-refractivity contribution in [2.75, 3.05) is 5.73 Å². The molecule has 19 heavy (non-hydrogen) atoms. The summed E-state index contributed by atoms with van der Waals surface area (Å²) < 4.78 is 0. The lowest BCUT2D eigenvalue weighted by Gasteiger charge is -2.09. The molecule has 0 saturated carbocycles. The zero-order valence-corrected chi connectivity index (χ0v) is 12.4. The molecule has 0 fully saturated rings. The van der Waals surface area contributed by atoms with Gasteiger partial charge in [0.1, 0.15) is 11.6 Å². The molecule has 2 aromatic rings. The highest BCUT2D eigenvalue weighted by atomic mass is 35.5. The van der Waals surface area contributed by atoms with E-state index in [-0.39, 0.29) is 0 Å². The van der Waals surface area contributed by atoms with Crippen LogP contribution in [-0.2, 0) is 12.8 Å². The van der Waals surface area contributed by atoms with E-state index in [0.717, 1.165) is 23.2 Å². The summed E-state index contributed by atoms with van der Waals surface area (Å²) >= 11 is 12.0. The number of nitrogen functional groups attached to an aromatic ring is 1. The molecule has 3 nitrogen and oxygen atoms in total. The Hall–Kier alpha value is -1.32. The van der Waals surface area contributed by atoms with Crippen LogP contribution in [0.4, 0.5) is 5.82 Å². The fraction of sp³-hybridized carbons (Fsp3) is 0.286. The van der Waals surface area contributed by atoms with Gasteiger partial charge in [0.25, 0.3) is 0 Å². The molecule has 100 valence electrons. The molecule has 0 aliphatic heterocycles. The monoisotopic (exact) mass is 295 g/mol. The number of rotatable bonds is 3. The van der Waals surface area contributed by atoms with Crippen molar-refractivity contribution in [3.8, 4) is 0 Å². The van der Waals surface area contributed by atoms with Crippen LogP contribution in [0.2, 0.25) is 10.0 Å². The summed E-state index contributed by atoms with van der Waals surface area (Å²) in [5.41, 5.74) is 8.78. The number of anilines is 1. The minimum absolute atomic E-state index is 0.534. The Morgan fingerprint density at radius 3 is 2.58 bits per heavy atom. The molecule has 0 atom stereocenters. The maximum atomic E-state index is 6.15. The first kappa shape index (κ1) is 14.1. The Kier molecular flexibility index (Phi) is 4.27. The summed E-state index contributed by atoms with van der Waals surface area (Å²) in [5, 5.41) is 1.24. The number of aryl methyl sites for hydroxylation is 1. The average Bonchev–Trinajstić information content (AvgIpc) is 2.37. The van der Waals surface area contributed by atoms with E-state index >= 15 is 0 Å². The van der Waals surface area contributed by atoms with Crippen LogP contribution in [0.5, 0.6) is 0 Å². The summed E-state index contributed by atoms with van der Waals surface area (Å²) in [6.07, 6.45) is 1.38. The van der Waals surface area contributed by atoms with E-state index in [1.807, 2.05) is 19.9 Å². The second-order valence-corrected chi connectivity index (χ2v) is 5.21. The van der Waals surface area contributed by atoms with Gasteiger partial charge in [-0.15, -0.1) is 0 Å². The van der Waals surface area contributed by atoms with Crippen molar-refractivity contribution in [2.24, 2.45) is 0 Å². The van der Waals surface area contributed by atoms with Crippen molar-refractivity contribution >= 4 is 29.0 Å². The summed E-state index contributed by atoms with van der Waals surface area (Å²) in [6, 6.07) is 5.41. The molecule has 1 aromatic carbocycles. The fourth-order valence-corrected chi connectivity index (χ4v) is 2.37. The highest BCUT2D eigenvalue weighted by molar-refractivity contribution is 6.35. The van der Waals surface area contributed by atoms with Gasteiger partial charge in [-0.3, -0.25) is 0 Å². The third kappa shape index (κ3) is 3.17. The SMILES string of the molecule is CCc1nc(Cc2ccc(Cl)cc2Cl)nc(N)c1C. The summed E-state index contributed by atoms with van der Waals surface area (Å²) in [4.78, 5) is 8.84. The maximum Gasteiger partial charge on any atom is 0.135 e. The molecule has 0 bridgehead atoms. The number of aromatic nitrogens is 2. The van der Waals surface area contributed by atoms with E-state index in [2.05, 4.69) is 9.97 Å². The Bertz CT molecular complexity index is 612. The lowest BCUT2D eigenvalue weighted by molar-refractivity contribution is 0.895. The van der Waals surface area contributed by atoms with Gasteiger partial charge in [-0.1, -0.05) is 36.2 Å². The number of benzene rings is 1. The number of nitrogens with zero attached hydrogens (tertiary/aromatic N) is 2. The third-order valence-electron chi connectivity index (χ3n) is 3.03. The Morgan fingerprint density at radius 1 is 1.21 bits per heavy atom. The molecule has 0 aliphatic carbocycles. The molecule has 0 radical (unpaired) electrons. The molecule has 0 spiro atoms. The predicted octanol–water partition coefficient (Wildman–Crippen LogP) is 3.83. The molecule has 0 aliphatic rings. The predicted molar refractivity (Wildman–Crippen MR) is 79.8 cm³/mol. The van der Waals surface area contributed by atoms with Crippen molar-refractivity contribution in [1.29, 1.82) is 0 Å². The average molecular weight is 296 g/mol. The summed E-state index contributed by atoms with van der Waals surface area (Å²) in [6.45, 7) is 3.99. The molecule has 2 N–H and O–H groups in total. The van der Waals surface area contributed by atoms with Crippen LogP contribution in [0.25, 0.3) is 0 Å². The standard InChI is InChI=1S/C14H15Cl2N3/c1-3-12-8(2)14(17)19-13(18-12)6-9-4-5-10(15)7-11(9)16/h4-5,7H,3,6H2,1-2H3,(H2,17,18,19). The first-order chi connectivity index (χ1) is 9.01. The minimum atomic E-state index is 0.534. The van der Waals surface area contributed by atoms with E-state index in [1.54, 1.807) is 12.1 Å². The zero-order chi connectivity index (χ0) is 14.0. The molecule has 0 amide bonds. The maximum absolute atomic E-state index is 6.15. The number of halogens is 2. The van der Waals surface area contributed by atoms with Crippen LogP contribution in [0.1, 0.15) is 29.6 Å². The van der Waals surface area contributed by atoms with Crippen LogP contribution in [0, 0.1) is 6.92 Å². The molecular formula is C14H15Cl2N3. The summed E-state index contributed by atoms with van der Waals surface area (Å²) in [5.74, 6) is 1.22. The molecule has 0 saturated heterocycles. The van der Waals surface area contributed by atoms with E-state index in [0.29, 0.717) is 28.1 Å². The smallest absolute Gasteiger partial charge is 0.135 e. The van der Waals surface area contributed by atoms with E-state index in [9.17, 15) is 0 Å². The van der Waals surface area contributed by atoms with E-state index < -0.39 is 0 Å². The second-order valence-electron chi connectivity index (χ2n) is 4.36. The van der Waals surface area contributed by atoms with Gasteiger partial charge in [0.05, 0.1) is 0 Å². The normalized spacial score (nSPS) is 10.7. The number of nitrogens with two attached hydrogens (primary N) is 1. The Balaban J connectivity index is 2.35. The summed E-state index contributed by atoms with van der Waals surface area (Å²) in [7, 11) is 0. The van der Waals surface area contributed by atoms with E-state index in [1.165, 1.54) is 0 Å². The van der Waals surface area contributed by atoms with E-state index in [4.69, 9.17) is 28.9 Å². The van der Waals surface area contributed by atoms with Crippen LogP contribution in [0.15, 0.2) is 18.2 Å². The highest BCUT2D eigenvalue weighted by Gasteiger charge is 2.10. The van der Waals surface area contributed by atoms with Gasteiger partial charge in [-0.05, 0) is 31.0 Å². The van der Waals surface area contributed by atoms with Crippen LogP contribution >= 0.6 is 23.2 Å². The van der Waals surface area contributed by atoms with Gasteiger partial charge < -0.3 is 5.73 Å². The molecule has 2 rings (SSSR count). The van der Waals surface area contributed by atoms with Crippen molar-refractivity contribution in [3.05, 3.63) is 50.9 Å². The van der Waals surface area contributed by atoms with Crippen molar-refractivity contribution in [2.45, 2.75) is 26.7 Å². The Labute approximate surface area is 122 Å². The minimum Gasteiger partial charge on any atom is -0.383 e. The van der Waals surface area contributed by atoms with Crippen LogP contribution < -0.4 is 5.73 Å². The lowest BCUT2D eigenvalue weighted by Crippen LogP contribution is -2.07. The lowest BCUT2D eigenvalue weighted by atomic mass is 10.1. The van der Waals surface area contributed by atoms with Crippen molar-refractivity contribution < 1.29 is 0 Å². The molecule has 0 unspecified atom stereocenters. The first-order valence-corrected chi connectivity index (χ1v) is 6.82. The quantitative estimate of drug-likeness (QED) is 0.936. The van der Waals surface area contributed by atoms with Crippen LogP contribution in [0.3, 0.4) is 0 Å². The number of hydrogen-bond acceptors (Lipinski definition) is 3. The highest BCUT2D eigenvalue weighted by Crippen LogP contribution is 2.23. The first-order valence-electron chi connectivity index (χ1n) is 6.07. The van der Waals surface area contributed by atoms with Crippen molar-refractivity contribution in [3.63, 3.8) is 0 Å². The molecular weight excluding hydrogens is 281 g/mol. The van der Waals surface area contributed by atoms with Gasteiger partial charge in [0.15, 0.2) is 0 Å².